The van der Waals surface area contributed by atoms with Crippen molar-refractivity contribution < 1.29 is 0 Å². The molecule has 0 aliphatic heterocycles. The molecule has 4 rings (SSSR count). The molecule has 0 bridgehead atoms. The standard InChI is InChI=1S/C23H26N6/c1-28(20-6-3-2-4-7-20)15-5-14-25-22-12-13-23-26-17-21(29(23)27-22)19-10-8-18(16-24)9-11-19/h2-4,6-13,17H,5,14-16,24H2,1H3,(H,25,27). The number of para-hydroxylation sites is 1. The van der Waals surface area contributed by atoms with Crippen LogP contribution in [-0.4, -0.2) is 34.7 Å². The Kier molecular flexibility index (Phi) is 5.72. The maximum atomic E-state index is 5.70. The first-order chi connectivity index (χ1) is 14.2. The Morgan fingerprint density at radius 2 is 1.79 bits per heavy atom. The highest BCUT2D eigenvalue weighted by Crippen LogP contribution is 2.21. The van der Waals surface area contributed by atoms with E-state index in [4.69, 9.17) is 10.8 Å². The van der Waals surface area contributed by atoms with Crippen molar-refractivity contribution in [3.63, 3.8) is 0 Å². The van der Waals surface area contributed by atoms with Crippen LogP contribution in [0.2, 0.25) is 0 Å². The van der Waals surface area contributed by atoms with Crippen molar-refractivity contribution in [1.29, 1.82) is 0 Å². The van der Waals surface area contributed by atoms with Gasteiger partial charge in [-0.2, -0.15) is 0 Å². The van der Waals surface area contributed by atoms with Gasteiger partial charge in [-0.05, 0) is 36.2 Å². The molecule has 2 aromatic carbocycles. The first-order valence-electron chi connectivity index (χ1n) is 9.89. The zero-order valence-electron chi connectivity index (χ0n) is 16.6. The van der Waals surface area contributed by atoms with E-state index in [-0.39, 0.29) is 0 Å². The van der Waals surface area contributed by atoms with Crippen molar-refractivity contribution in [1.82, 2.24) is 14.6 Å². The second-order valence-electron chi connectivity index (χ2n) is 7.07. The number of nitrogens with zero attached hydrogens (tertiary/aromatic N) is 4. The number of anilines is 2. The van der Waals surface area contributed by atoms with Crippen molar-refractivity contribution in [2.24, 2.45) is 5.73 Å². The lowest BCUT2D eigenvalue weighted by Gasteiger charge is -2.19. The summed E-state index contributed by atoms with van der Waals surface area (Å²) in [6.07, 6.45) is 2.88. The molecular weight excluding hydrogens is 360 g/mol. The van der Waals surface area contributed by atoms with Gasteiger partial charge in [0.2, 0.25) is 0 Å². The highest BCUT2D eigenvalue weighted by atomic mass is 15.3. The first kappa shape index (κ1) is 19.0. The molecule has 0 aliphatic carbocycles. The molecule has 0 radical (unpaired) electrons. The van der Waals surface area contributed by atoms with Gasteiger partial charge in [-0.25, -0.2) is 9.50 Å². The van der Waals surface area contributed by atoms with E-state index < -0.39 is 0 Å². The molecule has 0 saturated heterocycles. The number of hydrogen-bond donors (Lipinski definition) is 2. The molecule has 6 nitrogen and oxygen atoms in total. The van der Waals surface area contributed by atoms with Crippen LogP contribution >= 0.6 is 0 Å². The lowest BCUT2D eigenvalue weighted by Crippen LogP contribution is -2.21. The molecule has 3 N–H and O–H groups in total. The number of hydrogen-bond acceptors (Lipinski definition) is 5. The number of imidazole rings is 1. The molecule has 0 aliphatic rings. The Morgan fingerprint density at radius 3 is 2.55 bits per heavy atom. The topological polar surface area (TPSA) is 71.5 Å². The predicted molar refractivity (Wildman–Crippen MR) is 119 cm³/mol. The summed E-state index contributed by atoms with van der Waals surface area (Å²) in [6.45, 7) is 2.37. The van der Waals surface area contributed by atoms with Crippen LogP contribution in [0.25, 0.3) is 16.9 Å². The average molecular weight is 387 g/mol. The molecular formula is C23H26N6. The van der Waals surface area contributed by atoms with E-state index in [2.05, 4.69) is 58.6 Å². The van der Waals surface area contributed by atoms with Crippen LogP contribution in [0.4, 0.5) is 11.5 Å². The molecule has 0 fully saturated rings. The van der Waals surface area contributed by atoms with E-state index in [0.717, 1.165) is 47.8 Å². The molecule has 6 heteroatoms. The van der Waals surface area contributed by atoms with Crippen LogP contribution < -0.4 is 16.0 Å². The third kappa shape index (κ3) is 4.38. The number of nitrogens with two attached hydrogens (primary N) is 1. The maximum Gasteiger partial charge on any atom is 0.154 e. The Hall–Kier alpha value is -3.38. The minimum absolute atomic E-state index is 0.541. The van der Waals surface area contributed by atoms with Crippen molar-refractivity contribution in [2.45, 2.75) is 13.0 Å². The van der Waals surface area contributed by atoms with Gasteiger partial charge in [0.05, 0.1) is 11.9 Å². The Bertz CT molecular complexity index is 1060. The highest BCUT2D eigenvalue weighted by molar-refractivity contribution is 5.64. The maximum absolute atomic E-state index is 5.70. The van der Waals surface area contributed by atoms with Gasteiger partial charge in [-0.15, -0.1) is 5.10 Å². The number of rotatable bonds is 8. The van der Waals surface area contributed by atoms with Crippen molar-refractivity contribution in [2.75, 3.05) is 30.4 Å². The summed E-state index contributed by atoms with van der Waals surface area (Å²) in [5.41, 5.74) is 10.9. The summed E-state index contributed by atoms with van der Waals surface area (Å²) < 4.78 is 1.88. The minimum atomic E-state index is 0.541. The lowest BCUT2D eigenvalue weighted by molar-refractivity contribution is 0.809. The highest BCUT2D eigenvalue weighted by Gasteiger charge is 2.08. The summed E-state index contributed by atoms with van der Waals surface area (Å²) in [7, 11) is 2.12. The quantitative estimate of drug-likeness (QED) is 0.451. The van der Waals surface area contributed by atoms with E-state index in [1.54, 1.807) is 0 Å². The van der Waals surface area contributed by atoms with Gasteiger partial charge in [0.25, 0.3) is 0 Å². The van der Waals surface area contributed by atoms with Crippen molar-refractivity contribution >= 4 is 17.2 Å². The zero-order valence-corrected chi connectivity index (χ0v) is 16.6. The third-order valence-corrected chi connectivity index (χ3v) is 5.02. The van der Waals surface area contributed by atoms with Gasteiger partial charge in [-0.3, -0.25) is 0 Å². The van der Waals surface area contributed by atoms with E-state index in [1.807, 2.05) is 41.0 Å². The fraction of sp³-hybridized carbons (Fsp3) is 0.217. The van der Waals surface area contributed by atoms with Crippen LogP contribution in [0.15, 0.2) is 72.9 Å². The van der Waals surface area contributed by atoms with Crippen LogP contribution in [0, 0.1) is 0 Å². The molecule has 2 heterocycles. The molecule has 0 unspecified atom stereocenters. The summed E-state index contributed by atoms with van der Waals surface area (Å²) >= 11 is 0. The van der Waals surface area contributed by atoms with Crippen molar-refractivity contribution in [3.8, 4) is 11.3 Å². The van der Waals surface area contributed by atoms with Crippen LogP contribution in [0.3, 0.4) is 0 Å². The second-order valence-corrected chi connectivity index (χ2v) is 7.07. The molecule has 2 aromatic heterocycles. The van der Waals surface area contributed by atoms with Gasteiger partial charge in [-0.1, -0.05) is 42.5 Å². The van der Waals surface area contributed by atoms with Crippen molar-refractivity contribution in [3.05, 3.63) is 78.5 Å². The number of nitrogens with one attached hydrogen (secondary N) is 1. The predicted octanol–water partition coefficient (Wildman–Crippen LogP) is 3.79. The SMILES string of the molecule is CN(CCCNc1ccc2ncc(-c3ccc(CN)cc3)n2n1)c1ccccc1. The fourth-order valence-electron chi connectivity index (χ4n) is 3.32. The molecule has 0 saturated carbocycles. The smallest absolute Gasteiger partial charge is 0.154 e. The fourth-order valence-corrected chi connectivity index (χ4v) is 3.32. The molecule has 0 amide bonds. The van der Waals surface area contributed by atoms with Gasteiger partial charge >= 0.3 is 0 Å². The van der Waals surface area contributed by atoms with Crippen LogP contribution in [0.5, 0.6) is 0 Å². The average Bonchev–Trinajstić information content (AvgIpc) is 3.20. The van der Waals surface area contributed by atoms with E-state index in [0.29, 0.717) is 6.54 Å². The van der Waals surface area contributed by atoms with Crippen LogP contribution in [-0.2, 0) is 6.54 Å². The van der Waals surface area contributed by atoms with E-state index in [1.165, 1.54) is 5.69 Å². The monoisotopic (exact) mass is 386 g/mol. The Labute approximate surface area is 171 Å². The third-order valence-electron chi connectivity index (χ3n) is 5.02. The van der Waals surface area contributed by atoms with Gasteiger partial charge in [0, 0.05) is 37.9 Å². The summed E-state index contributed by atoms with van der Waals surface area (Å²) in [5.74, 6) is 0.845. The summed E-state index contributed by atoms with van der Waals surface area (Å²) in [6, 6.07) is 22.6. The second kappa shape index (κ2) is 8.75. The van der Waals surface area contributed by atoms with E-state index >= 15 is 0 Å². The molecule has 0 atom stereocenters. The Balaban J connectivity index is 1.40. The van der Waals surface area contributed by atoms with Crippen LogP contribution in [0.1, 0.15) is 12.0 Å². The minimum Gasteiger partial charge on any atom is -0.375 e. The Morgan fingerprint density at radius 1 is 1.00 bits per heavy atom. The van der Waals surface area contributed by atoms with Gasteiger partial charge < -0.3 is 16.0 Å². The summed E-state index contributed by atoms with van der Waals surface area (Å²) in [4.78, 5) is 6.73. The molecule has 4 aromatic rings. The molecule has 0 spiro atoms. The van der Waals surface area contributed by atoms with Gasteiger partial charge in [0.15, 0.2) is 5.65 Å². The lowest BCUT2D eigenvalue weighted by atomic mass is 10.1. The summed E-state index contributed by atoms with van der Waals surface area (Å²) in [5, 5.41) is 8.16. The molecule has 29 heavy (non-hydrogen) atoms. The number of benzene rings is 2. The largest absolute Gasteiger partial charge is 0.375 e. The number of fused-ring (bicyclic) bond motifs is 1. The van der Waals surface area contributed by atoms with Gasteiger partial charge in [0.1, 0.15) is 5.82 Å². The number of aromatic nitrogens is 3. The first-order valence-corrected chi connectivity index (χ1v) is 9.89. The zero-order chi connectivity index (χ0) is 20.1. The van der Waals surface area contributed by atoms with E-state index in [9.17, 15) is 0 Å². The molecule has 148 valence electrons. The normalized spacial score (nSPS) is 11.0.